The van der Waals surface area contributed by atoms with Gasteiger partial charge in [0.05, 0.1) is 0 Å². The molecule has 0 saturated carbocycles. The van der Waals surface area contributed by atoms with Crippen molar-refractivity contribution in [2.45, 2.75) is 0 Å². The minimum absolute atomic E-state index is 0.0365. The van der Waals surface area contributed by atoms with Crippen molar-refractivity contribution in [1.29, 1.82) is 0 Å². The maximum absolute atomic E-state index is 13.7. The van der Waals surface area contributed by atoms with Gasteiger partial charge in [-0.1, -0.05) is 11.6 Å². The highest BCUT2D eigenvalue weighted by Crippen LogP contribution is 2.25. The third-order valence-electron chi connectivity index (χ3n) is 2.14. The molecular weight excluding hydrogens is 268 g/mol. The van der Waals surface area contributed by atoms with Crippen LogP contribution in [0, 0.1) is 5.82 Å². The summed E-state index contributed by atoms with van der Waals surface area (Å²) in [6.45, 7) is 0. The first kappa shape index (κ1) is 12.0. The molecule has 0 aliphatic rings. The second kappa shape index (κ2) is 4.43. The van der Waals surface area contributed by atoms with E-state index in [2.05, 4.69) is 9.97 Å². The average molecular weight is 274 g/mol. The summed E-state index contributed by atoms with van der Waals surface area (Å²) < 4.78 is 15.0. The number of hydrogen-bond acceptors (Lipinski definition) is 3. The summed E-state index contributed by atoms with van der Waals surface area (Å²) in [5, 5.41) is -0.505. The number of pyridine rings is 1. The Morgan fingerprint density at radius 2 is 2.00 bits per heavy atom. The Kier molecular flexibility index (Phi) is 3.13. The molecule has 0 spiro atoms. The number of aryl methyl sites for hydroxylation is 1. The molecule has 2 aromatic heterocycles. The zero-order valence-corrected chi connectivity index (χ0v) is 10.1. The molecule has 2 aromatic rings. The Balaban J connectivity index is 2.68. The highest BCUT2D eigenvalue weighted by atomic mass is 35.5. The van der Waals surface area contributed by atoms with Gasteiger partial charge >= 0.3 is 0 Å². The van der Waals surface area contributed by atoms with Crippen LogP contribution in [-0.4, -0.2) is 14.5 Å². The molecule has 0 saturated heterocycles. The van der Waals surface area contributed by atoms with Gasteiger partial charge in [0, 0.05) is 24.9 Å². The zero-order valence-electron chi connectivity index (χ0n) is 8.62. The lowest BCUT2D eigenvalue weighted by Crippen LogP contribution is -2.14. The van der Waals surface area contributed by atoms with Crippen molar-refractivity contribution >= 4 is 23.2 Å². The van der Waals surface area contributed by atoms with E-state index >= 15 is 0 Å². The summed E-state index contributed by atoms with van der Waals surface area (Å²) >= 11 is 11.2. The van der Waals surface area contributed by atoms with Crippen LogP contribution in [-0.2, 0) is 7.05 Å². The molecular formula is C10H6Cl2FN3O. The van der Waals surface area contributed by atoms with Crippen LogP contribution in [0.15, 0.2) is 23.1 Å². The lowest BCUT2D eigenvalue weighted by molar-refractivity contribution is 0.618. The van der Waals surface area contributed by atoms with E-state index < -0.39 is 5.82 Å². The van der Waals surface area contributed by atoms with Gasteiger partial charge in [-0.3, -0.25) is 4.79 Å². The number of halogens is 3. The van der Waals surface area contributed by atoms with Crippen molar-refractivity contribution in [1.82, 2.24) is 14.5 Å². The van der Waals surface area contributed by atoms with Crippen LogP contribution in [0.5, 0.6) is 0 Å². The number of rotatable bonds is 1. The largest absolute Gasteiger partial charge is 0.318 e. The fourth-order valence-electron chi connectivity index (χ4n) is 1.32. The van der Waals surface area contributed by atoms with E-state index in [4.69, 9.17) is 23.2 Å². The van der Waals surface area contributed by atoms with Crippen molar-refractivity contribution in [3.8, 4) is 11.3 Å². The third-order valence-corrected chi connectivity index (χ3v) is 2.56. The summed E-state index contributed by atoms with van der Waals surface area (Å²) in [7, 11) is 1.55. The van der Waals surface area contributed by atoms with E-state index in [9.17, 15) is 9.18 Å². The topological polar surface area (TPSA) is 47.8 Å². The molecule has 0 aliphatic heterocycles. The maximum Gasteiger partial charge on any atom is 0.250 e. The van der Waals surface area contributed by atoms with Crippen LogP contribution < -0.4 is 5.56 Å². The molecule has 0 N–H and O–H groups in total. The summed E-state index contributed by atoms with van der Waals surface area (Å²) in [5.41, 5.74) is 0.154. The lowest BCUT2D eigenvalue weighted by atomic mass is 10.2. The van der Waals surface area contributed by atoms with Crippen LogP contribution in [0.2, 0.25) is 10.4 Å². The predicted octanol–water partition coefficient (Wildman–Crippen LogP) is 2.29. The molecule has 0 radical (unpaired) electrons. The Morgan fingerprint density at radius 1 is 1.29 bits per heavy atom. The number of nitrogens with zero attached hydrogens (tertiary/aromatic N) is 3. The van der Waals surface area contributed by atoms with Crippen molar-refractivity contribution in [3.05, 3.63) is 44.9 Å². The van der Waals surface area contributed by atoms with Crippen LogP contribution >= 0.6 is 23.2 Å². The Hall–Kier alpha value is -1.46. The van der Waals surface area contributed by atoms with Crippen LogP contribution in [0.1, 0.15) is 0 Å². The Labute approximate surface area is 106 Å². The predicted molar refractivity (Wildman–Crippen MR) is 62.7 cm³/mol. The molecule has 88 valence electrons. The maximum atomic E-state index is 13.7. The summed E-state index contributed by atoms with van der Waals surface area (Å²) in [6.07, 6.45) is 1.44. The molecule has 0 bridgehead atoms. The van der Waals surface area contributed by atoms with E-state index in [1.54, 1.807) is 7.05 Å². The number of hydrogen-bond donors (Lipinski definition) is 0. The molecule has 2 heterocycles. The van der Waals surface area contributed by atoms with E-state index in [0.29, 0.717) is 5.56 Å². The van der Waals surface area contributed by atoms with Crippen LogP contribution in [0.25, 0.3) is 11.3 Å². The minimum atomic E-state index is -0.769. The van der Waals surface area contributed by atoms with Gasteiger partial charge < -0.3 is 4.57 Å². The summed E-state index contributed by atoms with van der Waals surface area (Å²) in [6, 6.07) is 2.75. The zero-order chi connectivity index (χ0) is 12.6. The molecule has 17 heavy (non-hydrogen) atoms. The van der Waals surface area contributed by atoms with Gasteiger partial charge in [-0.25, -0.2) is 14.4 Å². The number of aromatic nitrogens is 3. The van der Waals surface area contributed by atoms with Crippen molar-refractivity contribution in [2.24, 2.45) is 7.05 Å². The molecule has 0 atom stereocenters. The fraction of sp³-hybridized carbons (Fsp3) is 0.100. The molecule has 0 fully saturated rings. The standard InChI is InChI=1S/C10H6Cl2FN3O/c1-16-4-5(2-3-6(16)17)8-7(13)9(11)15-10(12)14-8/h2-4H,1H3. The SMILES string of the molecule is Cn1cc(-c2nc(Cl)nc(Cl)c2F)ccc1=O. The van der Waals surface area contributed by atoms with Gasteiger partial charge in [0.1, 0.15) is 5.69 Å². The fourth-order valence-corrected chi connectivity index (χ4v) is 1.70. The summed E-state index contributed by atoms with van der Waals surface area (Å²) in [5.74, 6) is -0.769. The van der Waals surface area contributed by atoms with E-state index in [1.807, 2.05) is 0 Å². The smallest absolute Gasteiger partial charge is 0.250 e. The van der Waals surface area contributed by atoms with Crippen LogP contribution in [0.4, 0.5) is 4.39 Å². The second-order valence-electron chi connectivity index (χ2n) is 3.31. The monoisotopic (exact) mass is 273 g/mol. The first-order valence-electron chi connectivity index (χ1n) is 4.54. The minimum Gasteiger partial charge on any atom is -0.318 e. The van der Waals surface area contributed by atoms with E-state index in [0.717, 1.165) is 0 Å². The second-order valence-corrected chi connectivity index (χ2v) is 4.01. The average Bonchev–Trinajstić information content (AvgIpc) is 2.27. The van der Waals surface area contributed by atoms with Gasteiger partial charge in [0.25, 0.3) is 0 Å². The van der Waals surface area contributed by atoms with E-state index in [-0.39, 0.29) is 21.7 Å². The molecule has 2 rings (SSSR count). The third kappa shape index (κ3) is 2.30. The van der Waals surface area contributed by atoms with Crippen molar-refractivity contribution in [3.63, 3.8) is 0 Å². The molecule has 4 nitrogen and oxygen atoms in total. The molecule has 7 heteroatoms. The highest BCUT2D eigenvalue weighted by Gasteiger charge is 2.14. The Morgan fingerprint density at radius 3 is 2.65 bits per heavy atom. The van der Waals surface area contributed by atoms with E-state index in [1.165, 1.54) is 22.9 Å². The summed E-state index contributed by atoms with van der Waals surface area (Å²) in [4.78, 5) is 18.4. The Bertz CT molecular complexity index is 642. The van der Waals surface area contributed by atoms with Gasteiger partial charge in [0.2, 0.25) is 10.8 Å². The first-order chi connectivity index (χ1) is 7.99. The molecule has 0 aliphatic carbocycles. The van der Waals surface area contributed by atoms with Gasteiger partial charge in [-0.05, 0) is 17.7 Å². The molecule has 0 amide bonds. The van der Waals surface area contributed by atoms with Gasteiger partial charge in [-0.2, -0.15) is 0 Å². The van der Waals surface area contributed by atoms with Gasteiger partial charge in [-0.15, -0.1) is 0 Å². The highest BCUT2D eigenvalue weighted by molar-refractivity contribution is 6.32. The molecule has 0 unspecified atom stereocenters. The van der Waals surface area contributed by atoms with Gasteiger partial charge in [0.15, 0.2) is 11.0 Å². The van der Waals surface area contributed by atoms with Crippen LogP contribution in [0.3, 0.4) is 0 Å². The molecule has 0 aromatic carbocycles. The van der Waals surface area contributed by atoms with Crippen molar-refractivity contribution in [2.75, 3.05) is 0 Å². The normalized spacial score (nSPS) is 10.6. The quantitative estimate of drug-likeness (QED) is 0.592. The van der Waals surface area contributed by atoms with Crippen molar-refractivity contribution < 1.29 is 4.39 Å². The first-order valence-corrected chi connectivity index (χ1v) is 5.30. The lowest BCUT2D eigenvalue weighted by Gasteiger charge is -2.05.